The van der Waals surface area contributed by atoms with Crippen LogP contribution >= 0.6 is 0 Å². The first-order valence-corrected chi connectivity index (χ1v) is 5.96. The number of carbonyl (C=O) groups excluding carboxylic acids is 1. The number of nitrogens with one attached hydrogen (secondary N) is 1. The molecule has 1 aromatic carbocycles. The molecule has 0 saturated carbocycles. The Hall–Kier alpha value is -2.75. The number of fused-ring (bicyclic) bond motifs is 1. The number of nitrogens with zero attached hydrogens (tertiary/aromatic N) is 2. The summed E-state index contributed by atoms with van der Waals surface area (Å²) in [5, 5.41) is 0. The Kier molecular flexibility index (Phi) is 2.90. The zero-order valence-electron chi connectivity index (χ0n) is 10.2. The monoisotopic (exact) mass is 250 g/mol. The molecule has 19 heavy (non-hydrogen) atoms. The maximum Gasteiger partial charge on any atom is 0.305 e. The molecule has 4 nitrogen and oxygen atoms in total. The maximum absolute atomic E-state index is 12.1. The Bertz CT molecular complexity index is 720. The van der Waals surface area contributed by atoms with Crippen LogP contribution in [0, 0.1) is 0 Å². The summed E-state index contributed by atoms with van der Waals surface area (Å²) in [5.41, 5.74) is 5.15. The van der Waals surface area contributed by atoms with Crippen molar-refractivity contribution in [2.45, 2.75) is 0 Å². The van der Waals surface area contributed by atoms with Gasteiger partial charge in [-0.3, -0.25) is 4.79 Å². The molecule has 0 bridgehead atoms. The Morgan fingerprint density at radius 3 is 2.68 bits per heavy atom. The van der Waals surface area contributed by atoms with Crippen LogP contribution in [0.2, 0.25) is 0 Å². The fourth-order valence-corrected chi connectivity index (χ4v) is 1.90. The third kappa shape index (κ3) is 2.28. The second kappa shape index (κ2) is 4.86. The fraction of sp³-hybridized carbons (Fsp3) is 0. The minimum atomic E-state index is -0.151. The molecule has 0 fully saturated rings. The van der Waals surface area contributed by atoms with Gasteiger partial charge in [-0.2, -0.15) is 0 Å². The molecule has 0 spiro atoms. The molecule has 0 aliphatic carbocycles. The molecule has 0 aliphatic rings. The highest BCUT2D eigenvalue weighted by Gasteiger charge is 2.13. The number of carbonyl (C=O) groups is 1. The molecule has 92 valence electrons. The van der Waals surface area contributed by atoms with E-state index in [1.807, 2.05) is 42.5 Å². The van der Waals surface area contributed by atoms with Crippen molar-refractivity contribution in [1.29, 1.82) is 0 Å². The highest BCUT2D eigenvalue weighted by molar-refractivity contribution is 5.98. The van der Waals surface area contributed by atoms with Gasteiger partial charge in [0, 0.05) is 23.9 Å². The highest BCUT2D eigenvalue weighted by atomic mass is 16.2. The number of benzene rings is 1. The molecule has 0 unspecified atom stereocenters. The van der Waals surface area contributed by atoms with Crippen molar-refractivity contribution in [2.24, 2.45) is 0 Å². The first-order chi connectivity index (χ1) is 9.34. The van der Waals surface area contributed by atoms with E-state index in [2.05, 4.69) is 10.4 Å². The van der Waals surface area contributed by atoms with Crippen molar-refractivity contribution in [3.63, 3.8) is 0 Å². The van der Waals surface area contributed by atoms with Gasteiger partial charge in [-0.05, 0) is 24.3 Å². The van der Waals surface area contributed by atoms with E-state index in [9.17, 15) is 4.79 Å². The van der Waals surface area contributed by atoms with E-state index in [1.54, 1.807) is 29.2 Å². The number of amides is 1. The zero-order valence-corrected chi connectivity index (χ0v) is 10.2. The molecule has 2 aromatic heterocycles. The summed E-state index contributed by atoms with van der Waals surface area (Å²) < 4.78 is 1.68. The Labute approximate surface area is 110 Å². The summed E-state index contributed by atoms with van der Waals surface area (Å²) in [5.74, 6) is -0.151. The normalized spacial score (nSPS) is 10.3. The minimum absolute atomic E-state index is 0.151. The van der Waals surface area contributed by atoms with Crippen LogP contribution in [0.25, 0.3) is 11.0 Å². The second-order valence-corrected chi connectivity index (χ2v) is 4.09. The number of pyridine rings is 2. The van der Waals surface area contributed by atoms with Gasteiger partial charge in [0.05, 0.1) is 0 Å². The second-order valence-electron chi connectivity index (χ2n) is 4.09. The number of hydrogen-bond acceptors (Lipinski definition) is 2. The Morgan fingerprint density at radius 1 is 1.00 bits per heavy atom. The lowest BCUT2D eigenvalue weighted by Crippen LogP contribution is -2.48. The lowest BCUT2D eigenvalue weighted by atomic mass is 10.2. The average molecular weight is 250 g/mol. The van der Waals surface area contributed by atoms with Crippen molar-refractivity contribution in [1.82, 2.24) is 4.98 Å². The lowest BCUT2D eigenvalue weighted by molar-refractivity contribution is -0.614. The van der Waals surface area contributed by atoms with Gasteiger partial charge in [-0.25, -0.2) is 4.98 Å². The summed E-state index contributed by atoms with van der Waals surface area (Å²) in [6, 6.07) is 16.6. The zero-order chi connectivity index (χ0) is 13.1. The van der Waals surface area contributed by atoms with E-state index in [-0.39, 0.29) is 5.91 Å². The van der Waals surface area contributed by atoms with Crippen LogP contribution in [0.5, 0.6) is 0 Å². The third-order valence-electron chi connectivity index (χ3n) is 2.82. The van der Waals surface area contributed by atoms with E-state index < -0.39 is 0 Å². The molecule has 4 heteroatoms. The van der Waals surface area contributed by atoms with Crippen molar-refractivity contribution >= 4 is 16.9 Å². The van der Waals surface area contributed by atoms with Crippen LogP contribution in [-0.2, 0) is 0 Å². The van der Waals surface area contributed by atoms with Gasteiger partial charge < -0.3 is 0 Å². The van der Waals surface area contributed by atoms with Gasteiger partial charge in [0.15, 0.2) is 0 Å². The van der Waals surface area contributed by atoms with Crippen LogP contribution in [0.4, 0.5) is 0 Å². The van der Waals surface area contributed by atoms with Gasteiger partial charge in [0.1, 0.15) is 5.52 Å². The van der Waals surface area contributed by atoms with Crippen molar-refractivity contribution in [3.8, 4) is 0 Å². The van der Waals surface area contributed by atoms with Crippen LogP contribution in [0.15, 0.2) is 67.0 Å². The van der Waals surface area contributed by atoms with Gasteiger partial charge >= 0.3 is 5.91 Å². The Morgan fingerprint density at radius 2 is 1.84 bits per heavy atom. The fourth-order valence-electron chi connectivity index (χ4n) is 1.90. The number of aromatic nitrogens is 2. The minimum Gasteiger partial charge on any atom is -0.264 e. The maximum atomic E-state index is 12.1. The largest absolute Gasteiger partial charge is 0.305 e. The van der Waals surface area contributed by atoms with Crippen molar-refractivity contribution in [2.75, 3.05) is 5.43 Å². The first-order valence-electron chi connectivity index (χ1n) is 5.96. The average Bonchev–Trinajstić information content (AvgIpc) is 2.48. The summed E-state index contributed by atoms with van der Waals surface area (Å²) in [6.07, 6.45) is 3.52. The number of hydrogen-bond donors (Lipinski definition) is 1. The highest BCUT2D eigenvalue weighted by Crippen LogP contribution is 2.04. The molecule has 0 atom stereocenters. The molecule has 1 amide bonds. The number of rotatable bonds is 2. The summed E-state index contributed by atoms with van der Waals surface area (Å²) in [7, 11) is 0. The van der Waals surface area contributed by atoms with Crippen LogP contribution < -0.4 is 10.1 Å². The molecular weight excluding hydrogens is 238 g/mol. The molecule has 1 N–H and O–H groups in total. The third-order valence-corrected chi connectivity index (χ3v) is 2.82. The van der Waals surface area contributed by atoms with Gasteiger partial charge in [0.2, 0.25) is 6.20 Å². The molecular formula is C15H12N3O+. The molecule has 0 radical (unpaired) electrons. The Balaban J connectivity index is 1.96. The van der Waals surface area contributed by atoms with Crippen molar-refractivity contribution in [3.05, 3.63) is 72.6 Å². The molecule has 3 rings (SSSR count). The van der Waals surface area contributed by atoms with E-state index in [1.165, 1.54) is 0 Å². The van der Waals surface area contributed by atoms with E-state index in [4.69, 9.17) is 0 Å². The predicted octanol–water partition coefficient (Wildman–Crippen LogP) is 1.91. The topological polar surface area (TPSA) is 45.9 Å². The summed E-state index contributed by atoms with van der Waals surface area (Å²) in [6.45, 7) is 0. The van der Waals surface area contributed by atoms with Crippen LogP contribution in [0.1, 0.15) is 10.4 Å². The van der Waals surface area contributed by atoms with Gasteiger partial charge in [0.25, 0.3) is 5.52 Å². The standard InChI is InChI=1S/C15H11N3O/c19-15(12-6-2-1-3-7-12)17-18-11-5-8-13-14(18)9-4-10-16-13/h1-11H/p+1. The van der Waals surface area contributed by atoms with Crippen LogP contribution in [-0.4, -0.2) is 10.9 Å². The molecule has 0 saturated heterocycles. The first kappa shape index (κ1) is 11.3. The quantitative estimate of drug-likeness (QED) is 0.706. The predicted molar refractivity (Wildman–Crippen MR) is 72.1 cm³/mol. The van der Waals surface area contributed by atoms with E-state index in [0.717, 1.165) is 11.0 Å². The molecule has 3 aromatic rings. The summed E-state index contributed by atoms with van der Waals surface area (Å²) >= 11 is 0. The summed E-state index contributed by atoms with van der Waals surface area (Å²) in [4.78, 5) is 16.4. The van der Waals surface area contributed by atoms with E-state index >= 15 is 0 Å². The van der Waals surface area contributed by atoms with Gasteiger partial charge in [-0.1, -0.05) is 22.9 Å². The van der Waals surface area contributed by atoms with Gasteiger partial charge in [-0.15, -0.1) is 5.43 Å². The lowest BCUT2D eigenvalue weighted by Gasteiger charge is -2.01. The molecule has 0 aliphatic heterocycles. The van der Waals surface area contributed by atoms with Crippen LogP contribution in [0.3, 0.4) is 0 Å². The van der Waals surface area contributed by atoms with E-state index in [0.29, 0.717) is 5.56 Å². The molecule has 2 heterocycles. The smallest absolute Gasteiger partial charge is 0.264 e. The SMILES string of the molecule is O=C(N[n+]1cccc2ncccc21)c1ccccc1. The van der Waals surface area contributed by atoms with Crippen molar-refractivity contribution < 1.29 is 9.47 Å².